The predicted octanol–water partition coefficient (Wildman–Crippen LogP) is 3.80. The number of benzene rings is 2. The van der Waals surface area contributed by atoms with Crippen molar-refractivity contribution in [2.45, 2.75) is 12.8 Å². The van der Waals surface area contributed by atoms with Crippen LogP contribution in [0.3, 0.4) is 0 Å². The number of aromatic nitrogens is 4. The third-order valence-corrected chi connectivity index (χ3v) is 5.58. The lowest BCUT2D eigenvalue weighted by molar-refractivity contribution is 0.358. The molecule has 2 aromatic carbocycles. The van der Waals surface area contributed by atoms with Crippen LogP contribution in [-0.4, -0.2) is 19.3 Å². The van der Waals surface area contributed by atoms with Crippen molar-refractivity contribution in [1.29, 1.82) is 5.26 Å². The zero-order chi connectivity index (χ0) is 21.5. The SMILES string of the molecule is Cc1nccn1-c1ccc(C2C(C#N)=C(N)Oc3c2c(-c2ccccc2)nn3C)cc1. The van der Waals surface area contributed by atoms with Gasteiger partial charge in [-0.2, -0.15) is 10.4 Å². The van der Waals surface area contributed by atoms with E-state index in [1.807, 2.05) is 79.3 Å². The Hall–Kier alpha value is -4.31. The van der Waals surface area contributed by atoms with E-state index in [0.29, 0.717) is 11.5 Å². The van der Waals surface area contributed by atoms with Gasteiger partial charge in [-0.1, -0.05) is 42.5 Å². The largest absolute Gasteiger partial charge is 0.422 e. The van der Waals surface area contributed by atoms with Crippen molar-refractivity contribution >= 4 is 0 Å². The molecule has 0 fully saturated rings. The van der Waals surface area contributed by atoms with Crippen LogP contribution in [-0.2, 0) is 7.05 Å². The number of aryl methyl sites for hydroxylation is 2. The van der Waals surface area contributed by atoms with E-state index in [1.54, 1.807) is 10.9 Å². The molecule has 152 valence electrons. The molecule has 1 unspecified atom stereocenters. The fourth-order valence-corrected chi connectivity index (χ4v) is 4.09. The summed E-state index contributed by atoms with van der Waals surface area (Å²) in [5.41, 5.74) is 11.0. The van der Waals surface area contributed by atoms with Crippen LogP contribution >= 0.6 is 0 Å². The highest BCUT2D eigenvalue weighted by Crippen LogP contribution is 2.46. The molecule has 0 spiro atoms. The van der Waals surface area contributed by atoms with Crippen molar-refractivity contribution in [2.24, 2.45) is 12.8 Å². The number of allylic oxidation sites excluding steroid dienone is 1. The molecule has 31 heavy (non-hydrogen) atoms. The number of nitrogens with two attached hydrogens (primary N) is 1. The first-order valence-corrected chi connectivity index (χ1v) is 9.88. The molecular weight excluding hydrogens is 388 g/mol. The van der Waals surface area contributed by atoms with Gasteiger partial charge in [0, 0.05) is 30.7 Å². The molecule has 0 amide bonds. The van der Waals surface area contributed by atoms with Gasteiger partial charge in [-0.15, -0.1) is 0 Å². The number of ether oxygens (including phenoxy) is 1. The molecule has 1 aliphatic heterocycles. The third kappa shape index (κ3) is 2.97. The van der Waals surface area contributed by atoms with Crippen LogP contribution < -0.4 is 10.5 Å². The lowest BCUT2D eigenvalue weighted by atomic mass is 9.83. The Morgan fingerprint density at radius 1 is 1.10 bits per heavy atom. The molecule has 7 heteroatoms. The van der Waals surface area contributed by atoms with Gasteiger partial charge in [-0.05, 0) is 24.6 Å². The second-order valence-corrected chi connectivity index (χ2v) is 7.42. The Morgan fingerprint density at radius 2 is 1.84 bits per heavy atom. The first-order valence-electron chi connectivity index (χ1n) is 9.88. The fraction of sp³-hybridized carbons (Fsp3) is 0.125. The van der Waals surface area contributed by atoms with Crippen LogP contribution in [0.2, 0.25) is 0 Å². The minimum atomic E-state index is -0.379. The van der Waals surface area contributed by atoms with E-state index in [4.69, 9.17) is 15.6 Å². The number of nitriles is 1. The minimum Gasteiger partial charge on any atom is -0.422 e. The van der Waals surface area contributed by atoms with Gasteiger partial charge in [-0.3, -0.25) is 0 Å². The monoisotopic (exact) mass is 408 g/mol. The summed E-state index contributed by atoms with van der Waals surface area (Å²) >= 11 is 0. The number of imidazole rings is 1. The summed E-state index contributed by atoms with van der Waals surface area (Å²) in [4.78, 5) is 4.29. The summed E-state index contributed by atoms with van der Waals surface area (Å²) < 4.78 is 9.52. The number of fused-ring (bicyclic) bond motifs is 1. The molecule has 5 rings (SSSR count). The van der Waals surface area contributed by atoms with Gasteiger partial charge in [0.15, 0.2) is 0 Å². The number of nitrogens with zero attached hydrogens (tertiary/aromatic N) is 5. The van der Waals surface area contributed by atoms with Gasteiger partial charge < -0.3 is 15.0 Å². The van der Waals surface area contributed by atoms with Crippen molar-refractivity contribution < 1.29 is 4.74 Å². The second-order valence-electron chi connectivity index (χ2n) is 7.42. The topological polar surface area (TPSA) is 94.7 Å². The van der Waals surface area contributed by atoms with Gasteiger partial charge in [0.1, 0.15) is 23.2 Å². The molecular formula is C24H20N6O. The summed E-state index contributed by atoms with van der Waals surface area (Å²) in [7, 11) is 1.82. The first kappa shape index (κ1) is 18.7. The predicted molar refractivity (Wildman–Crippen MR) is 116 cm³/mol. The highest BCUT2D eigenvalue weighted by molar-refractivity contribution is 5.71. The molecule has 4 aromatic rings. The molecule has 2 N–H and O–H groups in total. The second kappa shape index (κ2) is 7.18. The lowest BCUT2D eigenvalue weighted by Gasteiger charge is -2.25. The fourth-order valence-electron chi connectivity index (χ4n) is 4.09. The molecule has 0 saturated heterocycles. The van der Waals surface area contributed by atoms with E-state index < -0.39 is 0 Å². The van der Waals surface area contributed by atoms with Gasteiger partial charge >= 0.3 is 0 Å². The van der Waals surface area contributed by atoms with Gasteiger partial charge in [0.25, 0.3) is 0 Å². The van der Waals surface area contributed by atoms with E-state index in [-0.39, 0.29) is 11.8 Å². The molecule has 0 saturated carbocycles. The van der Waals surface area contributed by atoms with Crippen molar-refractivity contribution in [3.05, 3.63) is 95.4 Å². The van der Waals surface area contributed by atoms with Crippen LogP contribution in [0.15, 0.2) is 78.4 Å². The average Bonchev–Trinajstić information content (AvgIpc) is 3.37. The molecule has 0 bridgehead atoms. The zero-order valence-electron chi connectivity index (χ0n) is 17.1. The number of rotatable bonds is 3. The Morgan fingerprint density at radius 3 is 2.48 bits per heavy atom. The summed E-state index contributed by atoms with van der Waals surface area (Å²) in [5.74, 6) is 1.18. The Kier molecular flexibility index (Phi) is 4.33. The molecule has 0 aliphatic carbocycles. The lowest BCUT2D eigenvalue weighted by Crippen LogP contribution is -2.21. The standard InChI is InChI=1S/C24H20N6O/c1-15-27-12-13-30(15)18-10-8-16(9-11-18)20-19(14-25)23(26)31-24-21(20)22(28-29(24)2)17-6-4-3-5-7-17/h3-13,20H,26H2,1-2H3. The molecule has 3 heterocycles. The Balaban J connectivity index is 1.68. The van der Waals surface area contributed by atoms with Crippen molar-refractivity contribution in [3.63, 3.8) is 0 Å². The molecule has 0 radical (unpaired) electrons. The average molecular weight is 408 g/mol. The molecule has 2 aromatic heterocycles. The van der Waals surface area contributed by atoms with Crippen LogP contribution in [0.4, 0.5) is 0 Å². The number of hydrogen-bond donors (Lipinski definition) is 1. The van der Waals surface area contributed by atoms with Crippen LogP contribution in [0.1, 0.15) is 22.9 Å². The molecule has 1 atom stereocenters. The highest BCUT2D eigenvalue weighted by atomic mass is 16.5. The third-order valence-electron chi connectivity index (χ3n) is 5.58. The maximum Gasteiger partial charge on any atom is 0.224 e. The van der Waals surface area contributed by atoms with Gasteiger partial charge in [-0.25, -0.2) is 9.67 Å². The summed E-state index contributed by atoms with van der Waals surface area (Å²) in [6.07, 6.45) is 3.69. The van der Waals surface area contributed by atoms with Crippen LogP contribution in [0, 0.1) is 18.3 Å². The van der Waals surface area contributed by atoms with Crippen molar-refractivity contribution in [2.75, 3.05) is 0 Å². The molecule has 7 nitrogen and oxygen atoms in total. The number of hydrogen-bond acceptors (Lipinski definition) is 5. The van der Waals surface area contributed by atoms with E-state index in [1.165, 1.54) is 0 Å². The maximum absolute atomic E-state index is 9.92. The van der Waals surface area contributed by atoms with Crippen LogP contribution in [0.25, 0.3) is 16.9 Å². The van der Waals surface area contributed by atoms with Crippen molar-refractivity contribution in [3.8, 4) is 28.9 Å². The zero-order valence-corrected chi connectivity index (χ0v) is 17.1. The maximum atomic E-state index is 9.92. The minimum absolute atomic E-state index is 0.108. The summed E-state index contributed by atoms with van der Waals surface area (Å²) in [6, 6.07) is 20.2. The van der Waals surface area contributed by atoms with Crippen LogP contribution in [0.5, 0.6) is 5.88 Å². The quantitative estimate of drug-likeness (QED) is 0.556. The van der Waals surface area contributed by atoms with Gasteiger partial charge in [0.05, 0.1) is 11.5 Å². The Bertz CT molecular complexity index is 1340. The van der Waals surface area contributed by atoms with Gasteiger partial charge in [0.2, 0.25) is 11.8 Å². The first-order chi connectivity index (χ1) is 15.1. The van der Waals surface area contributed by atoms with Crippen molar-refractivity contribution in [1.82, 2.24) is 19.3 Å². The molecule has 1 aliphatic rings. The van der Waals surface area contributed by atoms with E-state index >= 15 is 0 Å². The normalized spacial score (nSPS) is 15.3. The van der Waals surface area contributed by atoms with E-state index in [9.17, 15) is 5.26 Å². The van der Waals surface area contributed by atoms with E-state index in [2.05, 4.69) is 11.1 Å². The summed E-state index contributed by atoms with van der Waals surface area (Å²) in [6.45, 7) is 1.96. The summed E-state index contributed by atoms with van der Waals surface area (Å²) in [5, 5.41) is 14.6. The highest BCUT2D eigenvalue weighted by Gasteiger charge is 2.36. The smallest absolute Gasteiger partial charge is 0.224 e. The van der Waals surface area contributed by atoms with E-state index in [0.717, 1.165) is 33.9 Å². The Labute approximate surface area is 179 Å².